The van der Waals surface area contributed by atoms with Crippen molar-refractivity contribution in [1.29, 1.82) is 0 Å². The van der Waals surface area contributed by atoms with Gasteiger partial charge in [0.25, 0.3) is 5.91 Å². The summed E-state index contributed by atoms with van der Waals surface area (Å²) in [6.45, 7) is 4.63. The fourth-order valence-corrected chi connectivity index (χ4v) is 3.34. The summed E-state index contributed by atoms with van der Waals surface area (Å²) in [6, 6.07) is 23.8. The lowest BCUT2D eigenvalue weighted by Gasteiger charge is -2.07. The van der Waals surface area contributed by atoms with Gasteiger partial charge in [-0.1, -0.05) is 48.5 Å². The predicted molar refractivity (Wildman–Crippen MR) is 116 cm³/mol. The second-order valence-electron chi connectivity index (χ2n) is 7.09. The molecule has 0 fully saturated rings. The molecule has 0 aliphatic rings. The fraction of sp³-hybridized carbons (Fsp3) is 0.125. The molecule has 0 radical (unpaired) electrons. The highest BCUT2D eigenvalue weighted by atomic mass is 16.2. The Hall–Kier alpha value is -3.73. The first-order valence-corrected chi connectivity index (χ1v) is 9.51. The van der Waals surface area contributed by atoms with Crippen LogP contribution in [0.15, 0.2) is 77.9 Å². The van der Waals surface area contributed by atoms with Crippen LogP contribution in [-0.2, 0) is 6.54 Å². The number of carbonyl (C=O) groups is 1. The van der Waals surface area contributed by atoms with E-state index in [4.69, 9.17) is 0 Å². The lowest BCUT2D eigenvalue weighted by molar-refractivity contribution is 0.0955. The second kappa shape index (κ2) is 8.10. The normalized spacial score (nSPS) is 11.2. The lowest BCUT2D eigenvalue weighted by Crippen LogP contribution is -2.18. The number of nitrogens with zero attached hydrogens (tertiary/aromatic N) is 3. The molecule has 5 heteroatoms. The van der Waals surface area contributed by atoms with Gasteiger partial charge < -0.3 is 0 Å². The van der Waals surface area contributed by atoms with Crippen LogP contribution in [0.5, 0.6) is 0 Å². The molecule has 0 bridgehead atoms. The minimum Gasteiger partial charge on any atom is -0.267 e. The van der Waals surface area contributed by atoms with E-state index < -0.39 is 0 Å². The van der Waals surface area contributed by atoms with E-state index in [1.807, 2.05) is 73.1 Å². The van der Waals surface area contributed by atoms with Gasteiger partial charge in [0.2, 0.25) is 0 Å². The number of rotatable bonds is 5. The van der Waals surface area contributed by atoms with Crippen molar-refractivity contribution in [1.82, 2.24) is 15.2 Å². The number of nitrogens with one attached hydrogen (secondary N) is 1. The van der Waals surface area contributed by atoms with Gasteiger partial charge in [-0.05, 0) is 60.0 Å². The van der Waals surface area contributed by atoms with Gasteiger partial charge in [0, 0.05) is 11.3 Å². The van der Waals surface area contributed by atoms with Crippen LogP contribution in [0.1, 0.15) is 32.9 Å². The summed E-state index contributed by atoms with van der Waals surface area (Å²) in [7, 11) is 0. The zero-order chi connectivity index (χ0) is 20.2. The topological polar surface area (TPSA) is 59.3 Å². The molecule has 5 nitrogen and oxygen atoms in total. The minimum absolute atomic E-state index is 0.239. The van der Waals surface area contributed by atoms with Gasteiger partial charge >= 0.3 is 0 Å². The number of aryl methyl sites for hydroxylation is 2. The fourth-order valence-electron chi connectivity index (χ4n) is 3.34. The molecule has 29 heavy (non-hydrogen) atoms. The summed E-state index contributed by atoms with van der Waals surface area (Å²) in [5.74, 6) is -0.239. The van der Waals surface area contributed by atoms with Gasteiger partial charge in [-0.3, -0.25) is 9.48 Å². The third kappa shape index (κ3) is 4.41. The van der Waals surface area contributed by atoms with E-state index in [0.717, 1.165) is 27.9 Å². The van der Waals surface area contributed by atoms with Crippen molar-refractivity contribution in [2.24, 2.45) is 5.10 Å². The molecule has 1 amide bonds. The lowest BCUT2D eigenvalue weighted by atomic mass is 10.1. The first kappa shape index (κ1) is 18.6. The van der Waals surface area contributed by atoms with Gasteiger partial charge in [0.1, 0.15) is 0 Å². The quantitative estimate of drug-likeness (QED) is 0.409. The monoisotopic (exact) mass is 382 g/mol. The molecule has 4 aromatic rings. The molecular formula is C24H22N4O. The molecule has 0 saturated heterocycles. The van der Waals surface area contributed by atoms with Crippen molar-refractivity contribution in [2.45, 2.75) is 20.4 Å². The van der Waals surface area contributed by atoms with E-state index in [9.17, 15) is 4.79 Å². The van der Waals surface area contributed by atoms with Gasteiger partial charge in [0.15, 0.2) is 0 Å². The summed E-state index contributed by atoms with van der Waals surface area (Å²) < 4.78 is 1.93. The highest BCUT2D eigenvalue weighted by Gasteiger charge is 2.07. The largest absolute Gasteiger partial charge is 0.271 e. The molecule has 1 aromatic heterocycles. The summed E-state index contributed by atoms with van der Waals surface area (Å²) in [6.07, 6.45) is 1.66. The van der Waals surface area contributed by atoms with Crippen molar-refractivity contribution in [3.05, 3.63) is 101 Å². The third-order valence-corrected chi connectivity index (χ3v) is 4.78. The molecule has 1 heterocycles. The first-order chi connectivity index (χ1) is 14.1. The smallest absolute Gasteiger partial charge is 0.267 e. The van der Waals surface area contributed by atoms with E-state index in [1.165, 1.54) is 5.39 Å². The van der Waals surface area contributed by atoms with Gasteiger partial charge in [-0.2, -0.15) is 10.2 Å². The Labute approximate surface area is 169 Å². The number of hydrazone groups is 1. The Bertz CT molecular complexity index is 1210. The predicted octanol–water partition coefficient (Wildman–Crippen LogP) is 4.47. The SMILES string of the molecule is Cc1cc(C)n(Cc2cccc(C(=O)N/N=C\c3ccc4ccccc4c3)c2)n1. The molecule has 0 saturated carbocycles. The molecule has 0 unspecified atom stereocenters. The molecule has 144 valence electrons. The van der Waals surface area contributed by atoms with Crippen molar-refractivity contribution < 1.29 is 4.79 Å². The molecule has 0 aliphatic carbocycles. The van der Waals surface area contributed by atoms with Crippen LogP contribution < -0.4 is 5.43 Å². The zero-order valence-electron chi connectivity index (χ0n) is 16.5. The van der Waals surface area contributed by atoms with Crippen LogP contribution in [-0.4, -0.2) is 21.9 Å². The molecular weight excluding hydrogens is 360 g/mol. The zero-order valence-corrected chi connectivity index (χ0v) is 16.5. The standard InChI is InChI=1S/C24H22N4O/c1-17-12-18(2)28(27-17)16-20-6-5-9-23(14-20)24(29)26-25-15-19-10-11-21-7-3-4-8-22(21)13-19/h3-15H,16H2,1-2H3,(H,26,29)/b25-15-. The number of aromatic nitrogens is 2. The molecule has 4 rings (SSSR count). The third-order valence-electron chi connectivity index (χ3n) is 4.78. The van der Waals surface area contributed by atoms with Crippen molar-refractivity contribution >= 4 is 22.9 Å². The summed E-state index contributed by atoms with van der Waals surface area (Å²) in [5, 5.41) is 10.9. The molecule has 0 spiro atoms. The maximum atomic E-state index is 12.5. The number of hydrogen-bond acceptors (Lipinski definition) is 3. The number of carbonyl (C=O) groups excluding carboxylic acids is 1. The minimum atomic E-state index is -0.239. The molecule has 3 aromatic carbocycles. The van der Waals surface area contributed by atoms with Crippen molar-refractivity contribution in [3.63, 3.8) is 0 Å². The van der Waals surface area contributed by atoms with Crippen LogP contribution in [0.3, 0.4) is 0 Å². The first-order valence-electron chi connectivity index (χ1n) is 9.51. The van der Waals surface area contributed by atoms with Gasteiger partial charge in [-0.25, -0.2) is 5.43 Å². The van der Waals surface area contributed by atoms with E-state index in [-0.39, 0.29) is 5.91 Å². The van der Waals surface area contributed by atoms with Gasteiger partial charge in [-0.15, -0.1) is 0 Å². The number of fused-ring (bicyclic) bond motifs is 1. The average molecular weight is 382 g/mol. The molecule has 1 N–H and O–H groups in total. The van der Waals surface area contributed by atoms with E-state index in [1.54, 1.807) is 12.3 Å². The Balaban J connectivity index is 1.43. The van der Waals surface area contributed by atoms with E-state index >= 15 is 0 Å². The van der Waals surface area contributed by atoms with Crippen molar-refractivity contribution in [2.75, 3.05) is 0 Å². The maximum absolute atomic E-state index is 12.5. The average Bonchev–Trinajstić information content (AvgIpc) is 3.04. The highest BCUT2D eigenvalue weighted by Crippen LogP contribution is 2.14. The maximum Gasteiger partial charge on any atom is 0.271 e. The van der Waals surface area contributed by atoms with E-state index in [0.29, 0.717) is 12.1 Å². The van der Waals surface area contributed by atoms with Crippen LogP contribution >= 0.6 is 0 Å². The Morgan fingerprint density at radius 3 is 2.62 bits per heavy atom. The molecule has 0 aliphatic heterocycles. The Morgan fingerprint density at radius 1 is 1.00 bits per heavy atom. The van der Waals surface area contributed by atoms with Crippen LogP contribution in [0.25, 0.3) is 10.8 Å². The molecule has 0 atom stereocenters. The van der Waals surface area contributed by atoms with E-state index in [2.05, 4.69) is 27.8 Å². The summed E-state index contributed by atoms with van der Waals surface area (Å²) in [5.41, 5.74) is 7.21. The number of hydrogen-bond donors (Lipinski definition) is 1. The second-order valence-corrected chi connectivity index (χ2v) is 7.09. The Morgan fingerprint density at radius 2 is 1.83 bits per heavy atom. The van der Waals surface area contributed by atoms with Crippen LogP contribution in [0, 0.1) is 13.8 Å². The number of amides is 1. The Kier molecular flexibility index (Phi) is 5.20. The van der Waals surface area contributed by atoms with Crippen LogP contribution in [0.2, 0.25) is 0 Å². The highest BCUT2D eigenvalue weighted by molar-refractivity contribution is 5.95. The van der Waals surface area contributed by atoms with Gasteiger partial charge in [0.05, 0.1) is 18.5 Å². The summed E-state index contributed by atoms with van der Waals surface area (Å²) in [4.78, 5) is 12.5. The van der Waals surface area contributed by atoms with Crippen molar-refractivity contribution in [3.8, 4) is 0 Å². The summed E-state index contributed by atoms with van der Waals surface area (Å²) >= 11 is 0. The number of benzene rings is 3. The van der Waals surface area contributed by atoms with Crippen LogP contribution in [0.4, 0.5) is 0 Å².